The third kappa shape index (κ3) is 7.82. The van der Waals surface area contributed by atoms with Gasteiger partial charge in [0.15, 0.2) is 11.5 Å². The number of hydrogen-bond donors (Lipinski definition) is 2. The summed E-state index contributed by atoms with van der Waals surface area (Å²) in [7, 11) is 0. The number of para-hydroxylation sites is 1. The third-order valence-electron chi connectivity index (χ3n) is 4.71. The molecule has 0 amide bonds. The molecular formula is C24H27Cl2N3O4. The molecule has 0 bridgehead atoms. The summed E-state index contributed by atoms with van der Waals surface area (Å²) in [5, 5.41) is 18.0. The Hall–Kier alpha value is -3.00. The second-order valence-corrected chi connectivity index (χ2v) is 7.37. The maximum absolute atomic E-state index is 10.7. The van der Waals surface area contributed by atoms with Gasteiger partial charge in [0.1, 0.15) is 6.61 Å². The van der Waals surface area contributed by atoms with E-state index < -0.39 is 4.92 Å². The lowest BCUT2D eigenvalue weighted by Gasteiger charge is -2.17. The Morgan fingerprint density at radius 3 is 2.36 bits per heavy atom. The minimum absolute atomic E-state index is 0. The summed E-state index contributed by atoms with van der Waals surface area (Å²) in [5.41, 5.74) is 2.80. The van der Waals surface area contributed by atoms with Crippen LogP contribution in [0.1, 0.15) is 18.1 Å². The van der Waals surface area contributed by atoms with Crippen LogP contribution in [-0.2, 0) is 13.2 Å². The molecule has 176 valence electrons. The standard InChI is InChI=1S/C24H26ClN3O4.ClH/c1-2-31-23-9-5-7-18(24(23)32-17-19-6-3-4-8-22(19)25)16-26-14-15-27-20-10-12-21(13-11-20)28(29)30;/h3-13,26-27H,2,14-17H2,1H3;1H. The molecule has 0 radical (unpaired) electrons. The highest BCUT2D eigenvalue weighted by Crippen LogP contribution is 2.32. The normalized spacial score (nSPS) is 10.2. The number of non-ortho nitro benzene ring substituents is 1. The summed E-state index contributed by atoms with van der Waals surface area (Å²) in [6.45, 7) is 4.78. The fraction of sp³-hybridized carbons (Fsp3) is 0.250. The first kappa shape index (κ1) is 26.3. The van der Waals surface area contributed by atoms with Crippen LogP contribution < -0.4 is 20.1 Å². The summed E-state index contributed by atoms with van der Waals surface area (Å²) in [5.74, 6) is 1.40. The Kier molecular flexibility index (Phi) is 10.8. The van der Waals surface area contributed by atoms with Crippen LogP contribution in [0.25, 0.3) is 0 Å². The van der Waals surface area contributed by atoms with Gasteiger partial charge in [0, 0.05) is 53.6 Å². The maximum Gasteiger partial charge on any atom is 0.269 e. The lowest BCUT2D eigenvalue weighted by molar-refractivity contribution is -0.384. The number of rotatable bonds is 12. The van der Waals surface area contributed by atoms with Crippen molar-refractivity contribution in [1.82, 2.24) is 5.32 Å². The molecule has 3 aromatic carbocycles. The molecule has 0 spiro atoms. The zero-order valence-corrected chi connectivity index (χ0v) is 19.8. The highest BCUT2D eigenvalue weighted by Gasteiger charge is 2.12. The van der Waals surface area contributed by atoms with E-state index in [1.54, 1.807) is 12.1 Å². The number of hydrogen-bond acceptors (Lipinski definition) is 6. The van der Waals surface area contributed by atoms with Crippen LogP contribution in [0.2, 0.25) is 5.02 Å². The Labute approximate surface area is 204 Å². The largest absolute Gasteiger partial charge is 0.490 e. The average molecular weight is 492 g/mol. The second-order valence-electron chi connectivity index (χ2n) is 6.97. The number of anilines is 1. The van der Waals surface area contributed by atoms with Gasteiger partial charge in [-0.2, -0.15) is 0 Å². The Morgan fingerprint density at radius 2 is 1.67 bits per heavy atom. The highest BCUT2D eigenvalue weighted by atomic mass is 35.5. The van der Waals surface area contributed by atoms with Crippen molar-refractivity contribution >= 4 is 35.4 Å². The third-order valence-corrected chi connectivity index (χ3v) is 5.08. The van der Waals surface area contributed by atoms with E-state index in [0.717, 1.165) is 16.8 Å². The molecule has 0 unspecified atom stereocenters. The quantitative estimate of drug-likeness (QED) is 0.188. The number of nitro benzene ring substituents is 1. The van der Waals surface area contributed by atoms with Crippen LogP contribution in [0.5, 0.6) is 11.5 Å². The molecule has 0 fully saturated rings. The Balaban J connectivity index is 0.00000385. The molecular weight excluding hydrogens is 465 g/mol. The Morgan fingerprint density at radius 1 is 0.939 bits per heavy atom. The van der Waals surface area contributed by atoms with E-state index in [-0.39, 0.29) is 18.1 Å². The van der Waals surface area contributed by atoms with Crippen molar-refractivity contribution in [3.05, 3.63) is 93.0 Å². The first-order chi connectivity index (χ1) is 15.6. The van der Waals surface area contributed by atoms with Gasteiger partial charge in [-0.3, -0.25) is 10.1 Å². The van der Waals surface area contributed by atoms with Crippen molar-refractivity contribution < 1.29 is 14.4 Å². The van der Waals surface area contributed by atoms with Crippen molar-refractivity contribution in [2.45, 2.75) is 20.1 Å². The van der Waals surface area contributed by atoms with Gasteiger partial charge < -0.3 is 20.1 Å². The smallest absolute Gasteiger partial charge is 0.269 e. The van der Waals surface area contributed by atoms with E-state index in [0.29, 0.717) is 49.4 Å². The topological polar surface area (TPSA) is 85.7 Å². The SMILES string of the molecule is CCOc1cccc(CNCCNc2ccc([N+](=O)[O-])cc2)c1OCc1ccccc1Cl.Cl. The van der Waals surface area contributed by atoms with Crippen molar-refractivity contribution in [3.8, 4) is 11.5 Å². The fourth-order valence-electron chi connectivity index (χ4n) is 3.12. The van der Waals surface area contributed by atoms with E-state index >= 15 is 0 Å². The molecule has 33 heavy (non-hydrogen) atoms. The minimum Gasteiger partial charge on any atom is -0.490 e. The van der Waals surface area contributed by atoms with Crippen molar-refractivity contribution in [3.63, 3.8) is 0 Å². The van der Waals surface area contributed by atoms with Gasteiger partial charge in [-0.1, -0.05) is 41.9 Å². The summed E-state index contributed by atoms with van der Waals surface area (Å²) < 4.78 is 11.9. The first-order valence-electron chi connectivity index (χ1n) is 10.4. The molecule has 3 aromatic rings. The number of nitrogens with zero attached hydrogens (tertiary/aromatic N) is 1. The average Bonchev–Trinajstić information content (AvgIpc) is 2.80. The zero-order chi connectivity index (χ0) is 22.8. The molecule has 0 aromatic heterocycles. The molecule has 2 N–H and O–H groups in total. The number of benzene rings is 3. The van der Waals surface area contributed by atoms with Gasteiger partial charge >= 0.3 is 0 Å². The van der Waals surface area contributed by atoms with Gasteiger partial charge in [-0.05, 0) is 31.2 Å². The number of nitro groups is 1. The molecule has 7 nitrogen and oxygen atoms in total. The minimum atomic E-state index is -0.410. The van der Waals surface area contributed by atoms with Crippen molar-refractivity contribution in [1.29, 1.82) is 0 Å². The molecule has 3 rings (SSSR count). The van der Waals surface area contributed by atoms with E-state index in [4.69, 9.17) is 21.1 Å². The molecule has 0 aliphatic heterocycles. The van der Waals surface area contributed by atoms with E-state index in [1.165, 1.54) is 12.1 Å². The summed E-state index contributed by atoms with van der Waals surface area (Å²) in [4.78, 5) is 10.3. The van der Waals surface area contributed by atoms with Crippen LogP contribution in [0.4, 0.5) is 11.4 Å². The summed E-state index contributed by atoms with van der Waals surface area (Å²) in [6, 6.07) is 19.8. The molecule has 0 atom stereocenters. The fourth-order valence-corrected chi connectivity index (χ4v) is 3.31. The molecule has 0 saturated heterocycles. The highest BCUT2D eigenvalue weighted by molar-refractivity contribution is 6.31. The molecule has 0 aliphatic rings. The van der Waals surface area contributed by atoms with Crippen LogP contribution >= 0.6 is 24.0 Å². The van der Waals surface area contributed by atoms with Crippen LogP contribution in [0.3, 0.4) is 0 Å². The lowest BCUT2D eigenvalue weighted by atomic mass is 10.1. The predicted octanol–water partition coefficient (Wildman–Crippen LogP) is 5.85. The second kappa shape index (κ2) is 13.5. The molecule has 9 heteroatoms. The van der Waals surface area contributed by atoms with Crippen molar-refractivity contribution in [2.75, 3.05) is 25.0 Å². The van der Waals surface area contributed by atoms with Crippen LogP contribution in [-0.4, -0.2) is 24.6 Å². The monoisotopic (exact) mass is 491 g/mol. The van der Waals surface area contributed by atoms with E-state index in [1.807, 2.05) is 49.4 Å². The zero-order valence-electron chi connectivity index (χ0n) is 18.3. The predicted molar refractivity (Wildman–Crippen MR) is 134 cm³/mol. The van der Waals surface area contributed by atoms with E-state index in [9.17, 15) is 10.1 Å². The number of nitrogens with one attached hydrogen (secondary N) is 2. The van der Waals surface area contributed by atoms with Gasteiger partial charge in [0.25, 0.3) is 5.69 Å². The van der Waals surface area contributed by atoms with Crippen LogP contribution in [0.15, 0.2) is 66.7 Å². The van der Waals surface area contributed by atoms with E-state index in [2.05, 4.69) is 10.6 Å². The van der Waals surface area contributed by atoms with Gasteiger partial charge in [0.05, 0.1) is 11.5 Å². The first-order valence-corrected chi connectivity index (χ1v) is 10.8. The molecule has 0 heterocycles. The lowest BCUT2D eigenvalue weighted by Crippen LogP contribution is -2.22. The maximum atomic E-state index is 10.7. The van der Waals surface area contributed by atoms with Crippen molar-refractivity contribution in [2.24, 2.45) is 0 Å². The Bertz CT molecular complexity index is 1030. The molecule has 0 saturated carbocycles. The van der Waals surface area contributed by atoms with Gasteiger partial charge in [-0.25, -0.2) is 0 Å². The number of halogens is 2. The summed E-state index contributed by atoms with van der Waals surface area (Å²) >= 11 is 6.26. The summed E-state index contributed by atoms with van der Waals surface area (Å²) in [6.07, 6.45) is 0. The molecule has 0 aliphatic carbocycles. The van der Waals surface area contributed by atoms with Gasteiger partial charge in [-0.15, -0.1) is 12.4 Å². The van der Waals surface area contributed by atoms with Gasteiger partial charge in [0.2, 0.25) is 0 Å². The van der Waals surface area contributed by atoms with Crippen LogP contribution in [0, 0.1) is 10.1 Å². The number of ether oxygens (including phenoxy) is 2.